The lowest BCUT2D eigenvalue weighted by Gasteiger charge is -2.07. The van der Waals surface area contributed by atoms with Gasteiger partial charge in [-0.3, -0.25) is 14.9 Å². The zero-order valence-corrected chi connectivity index (χ0v) is 11.5. The van der Waals surface area contributed by atoms with E-state index in [2.05, 4.69) is 0 Å². The van der Waals surface area contributed by atoms with Crippen molar-refractivity contribution in [2.45, 2.75) is 0 Å². The van der Waals surface area contributed by atoms with E-state index >= 15 is 0 Å². The third kappa shape index (κ3) is 2.78. The highest BCUT2D eigenvalue weighted by molar-refractivity contribution is 5.65. The lowest BCUT2D eigenvalue weighted by molar-refractivity contribution is -0.384. The molecule has 1 aromatic heterocycles. The second-order valence-corrected chi connectivity index (χ2v) is 4.79. The highest BCUT2D eigenvalue weighted by Crippen LogP contribution is 2.23. The molecule has 108 valence electrons. The number of nitrogens with zero attached hydrogens (tertiary/aromatic N) is 2. The standard InChI is InChI=1S/C17H12N2O3/c20-17-9-11-18(12-10-17)15-5-1-13(2-6-15)14-3-7-16(8-4-14)19(21)22/h1-12H. The minimum absolute atomic E-state index is 0.0289. The highest BCUT2D eigenvalue weighted by atomic mass is 16.6. The van der Waals surface area contributed by atoms with Gasteiger partial charge in [0, 0.05) is 42.3 Å². The molecule has 0 unspecified atom stereocenters. The van der Waals surface area contributed by atoms with Crippen LogP contribution in [0, 0.1) is 10.1 Å². The summed E-state index contributed by atoms with van der Waals surface area (Å²) in [7, 11) is 0. The first-order chi connectivity index (χ1) is 10.6. The lowest BCUT2D eigenvalue weighted by Crippen LogP contribution is -2.01. The van der Waals surface area contributed by atoms with E-state index in [1.54, 1.807) is 24.5 Å². The summed E-state index contributed by atoms with van der Waals surface area (Å²) >= 11 is 0. The minimum atomic E-state index is -0.413. The highest BCUT2D eigenvalue weighted by Gasteiger charge is 2.05. The summed E-state index contributed by atoms with van der Waals surface area (Å²) < 4.78 is 1.85. The van der Waals surface area contributed by atoms with Gasteiger partial charge in [-0.15, -0.1) is 0 Å². The van der Waals surface area contributed by atoms with E-state index in [0.717, 1.165) is 16.8 Å². The fraction of sp³-hybridized carbons (Fsp3) is 0. The maximum atomic E-state index is 11.1. The van der Waals surface area contributed by atoms with Gasteiger partial charge in [0.05, 0.1) is 4.92 Å². The Bertz CT molecular complexity index is 845. The largest absolute Gasteiger partial charge is 0.324 e. The van der Waals surface area contributed by atoms with E-state index < -0.39 is 4.92 Å². The predicted octanol–water partition coefficient (Wildman–Crippen LogP) is 3.41. The summed E-state index contributed by atoms with van der Waals surface area (Å²) in [5.74, 6) is 0. The van der Waals surface area contributed by atoms with Crippen LogP contribution in [0.4, 0.5) is 5.69 Å². The van der Waals surface area contributed by atoms with Crippen molar-refractivity contribution in [3.05, 3.63) is 93.4 Å². The maximum Gasteiger partial charge on any atom is 0.269 e. The van der Waals surface area contributed by atoms with Crippen LogP contribution in [0.15, 0.2) is 77.9 Å². The second-order valence-electron chi connectivity index (χ2n) is 4.79. The quantitative estimate of drug-likeness (QED) is 0.549. The first-order valence-electron chi connectivity index (χ1n) is 6.67. The van der Waals surface area contributed by atoms with Crippen molar-refractivity contribution in [1.29, 1.82) is 0 Å². The fourth-order valence-corrected chi connectivity index (χ4v) is 2.19. The molecule has 0 spiro atoms. The number of benzene rings is 2. The van der Waals surface area contributed by atoms with Gasteiger partial charge in [0.15, 0.2) is 5.43 Å². The second kappa shape index (κ2) is 5.65. The number of aromatic nitrogens is 1. The Balaban J connectivity index is 1.89. The summed E-state index contributed by atoms with van der Waals surface area (Å²) in [6.07, 6.45) is 3.42. The molecule has 3 rings (SSSR count). The van der Waals surface area contributed by atoms with Crippen molar-refractivity contribution >= 4 is 5.69 Å². The minimum Gasteiger partial charge on any atom is -0.324 e. The van der Waals surface area contributed by atoms with Gasteiger partial charge in [-0.1, -0.05) is 12.1 Å². The molecule has 22 heavy (non-hydrogen) atoms. The van der Waals surface area contributed by atoms with Gasteiger partial charge in [-0.05, 0) is 35.4 Å². The van der Waals surface area contributed by atoms with E-state index in [0.29, 0.717) is 0 Å². The molecule has 0 aliphatic heterocycles. The molecule has 0 saturated carbocycles. The van der Waals surface area contributed by atoms with E-state index in [1.807, 2.05) is 28.8 Å². The topological polar surface area (TPSA) is 65.1 Å². The molecule has 0 fully saturated rings. The van der Waals surface area contributed by atoms with E-state index in [9.17, 15) is 14.9 Å². The van der Waals surface area contributed by atoms with Gasteiger partial charge in [0.1, 0.15) is 0 Å². The average Bonchev–Trinajstić information content (AvgIpc) is 2.56. The van der Waals surface area contributed by atoms with Gasteiger partial charge in [0.2, 0.25) is 0 Å². The number of hydrogen-bond donors (Lipinski definition) is 0. The van der Waals surface area contributed by atoms with Crippen LogP contribution >= 0.6 is 0 Å². The zero-order chi connectivity index (χ0) is 15.5. The van der Waals surface area contributed by atoms with Gasteiger partial charge >= 0.3 is 0 Å². The third-order valence-corrected chi connectivity index (χ3v) is 3.38. The van der Waals surface area contributed by atoms with Crippen molar-refractivity contribution in [3.63, 3.8) is 0 Å². The molecule has 0 aliphatic carbocycles. The Morgan fingerprint density at radius 3 is 1.77 bits per heavy atom. The summed E-state index contributed by atoms with van der Waals surface area (Å²) in [5, 5.41) is 10.7. The molecule has 5 heteroatoms. The first-order valence-corrected chi connectivity index (χ1v) is 6.67. The van der Waals surface area contributed by atoms with Crippen LogP contribution in [0.25, 0.3) is 16.8 Å². The number of non-ortho nitro benzene ring substituents is 1. The number of hydrogen-bond acceptors (Lipinski definition) is 3. The summed E-state index contributed by atoms with van der Waals surface area (Å²) in [6.45, 7) is 0. The van der Waals surface area contributed by atoms with Crippen molar-refractivity contribution in [1.82, 2.24) is 4.57 Å². The van der Waals surface area contributed by atoms with Crippen LogP contribution in [0.3, 0.4) is 0 Å². The summed E-state index contributed by atoms with van der Waals surface area (Å²) in [4.78, 5) is 21.3. The number of rotatable bonds is 3. The Hall–Kier alpha value is -3.21. The molecule has 1 heterocycles. The van der Waals surface area contributed by atoms with Crippen LogP contribution in [0.1, 0.15) is 0 Å². The van der Waals surface area contributed by atoms with Gasteiger partial charge in [0.25, 0.3) is 5.69 Å². The Labute approximate surface area is 126 Å². The Kier molecular flexibility index (Phi) is 3.53. The van der Waals surface area contributed by atoms with Crippen LogP contribution in [0.5, 0.6) is 0 Å². The van der Waals surface area contributed by atoms with Crippen molar-refractivity contribution in [2.24, 2.45) is 0 Å². The van der Waals surface area contributed by atoms with Crippen molar-refractivity contribution in [2.75, 3.05) is 0 Å². The monoisotopic (exact) mass is 292 g/mol. The molecular weight excluding hydrogens is 280 g/mol. The summed E-state index contributed by atoms with van der Waals surface area (Å²) in [6, 6.07) is 17.2. The third-order valence-electron chi connectivity index (χ3n) is 3.38. The molecule has 0 aliphatic rings. The molecule has 0 saturated heterocycles. The van der Waals surface area contributed by atoms with Crippen LogP contribution < -0.4 is 5.43 Å². The van der Waals surface area contributed by atoms with Crippen LogP contribution in [0.2, 0.25) is 0 Å². The number of nitro benzene ring substituents is 1. The molecule has 0 bridgehead atoms. The molecule has 5 nitrogen and oxygen atoms in total. The van der Waals surface area contributed by atoms with Crippen LogP contribution in [-0.2, 0) is 0 Å². The Morgan fingerprint density at radius 1 is 0.773 bits per heavy atom. The zero-order valence-electron chi connectivity index (χ0n) is 11.5. The van der Waals surface area contributed by atoms with Gasteiger partial charge in [-0.2, -0.15) is 0 Å². The summed E-state index contributed by atoms with van der Waals surface area (Å²) in [5.41, 5.74) is 2.87. The first kappa shape index (κ1) is 13.8. The van der Waals surface area contributed by atoms with E-state index in [1.165, 1.54) is 24.3 Å². The number of nitro groups is 1. The van der Waals surface area contributed by atoms with Gasteiger partial charge in [-0.25, -0.2) is 0 Å². The van der Waals surface area contributed by atoms with Crippen molar-refractivity contribution < 1.29 is 4.92 Å². The van der Waals surface area contributed by atoms with Crippen LogP contribution in [-0.4, -0.2) is 9.49 Å². The van der Waals surface area contributed by atoms with E-state index in [-0.39, 0.29) is 11.1 Å². The number of pyridine rings is 1. The normalized spacial score (nSPS) is 10.4. The fourth-order valence-electron chi connectivity index (χ4n) is 2.19. The Morgan fingerprint density at radius 2 is 1.27 bits per heavy atom. The van der Waals surface area contributed by atoms with E-state index in [4.69, 9.17) is 0 Å². The molecule has 3 aromatic rings. The molecule has 0 N–H and O–H groups in total. The van der Waals surface area contributed by atoms with Gasteiger partial charge < -0.3 is 4.57 Å². The molecular formula is C17H12N2O3. The lowest BCUT2D eigenvalue weighted by atomic mass is 10.1. The SMILES string of the molecule is O=c1ccn(-c2ccc(-c3ccc([N+](=O)[O-])cc3)cc2)cc1. The maximum absolute atomic E-state index is 11.1. The predicted molar refractivity (Wildman–Crippen MR) is 84.1 cm³/mol. The molecule has 0 atom stereocenters. The van der Waals surface area contributed by atoms with Crippen molar-refractivity contribution in [3.8, 4) is 16.8 Å². The average molecular weight is 292 g/mol. The smallest absolute Gasteiger partial charge is 0.269 e. The molecule has 2 aromatic carbocycles. The molecule has 0 radical (unpaired) electrons. The molecule has 0 amide bonds.